The summed E-state index contributed by atoms with van der Waals surface area (Å²) < 4.78 is 1.06. The molecule has 0 saturated carbocycles. The molecular weight excluding hydrogens is 334 g/mol. The van der Waals surface area contributed by atoms with Gasteiger partial charge in [0.05, 0.1) is 10.2 Å². The second kappa shape index (κ2) is 6.76. The first-order chi connectivity index (χ1) is 12.2. The molecule has 3 aromatic rings. The number of nitrogens with zero attached hydrogens (tertiary/aromatic N) is 4. The SMILES string of the molecule is Cc1ccc2nc(NC(=O)c3ccc(N4CCCCC4)nn3)sc2c1. The minimum absolute atomic E-state index is 0.284. The van der Waals surface area contributed by atoms with Crippen molar-refractivity contribution in [3.05, 3.63) is 41.6 Å². The second-order valence-corrected chi connectivity index (χ2v) is 7.30. The first-order valence-corrected chi connectivity index (χ1v) is 9.28. The molecule has 2 aromatic heterocycles. The number of hydrogen-bond donors (Lipinski definition) is 1. The van der Waals surface area contributed by atoms with Crippen molar-refractivity contribution < 1.29 is 4.79 Å². The fourth-order valence-electron chi connectivity index (χ4n) is 2.98. The second-order valence-electron chi connectivity index (χ2n) is 6.27. The van der Waals surface area contributed by atoms with Gasteiger partial charge in [0.1, 0.15) is 0 Å². The van der Waals surface area contributed by atoms with Crippen LogP contribution in [0.2, 0.25) is 0 Å². The maximum atomic E-state index is 12.4. The Kier molecular flexibility index (Phi) is 4.31. The van der Waals surface area contributed by atoms with E-state index in [1.807, 2.05) is 25.1 Å². The molecule has 0 unspecified atom stereocenters. The average Bonchev–Trinajstić information content (AvgIpc) is 3.04. The molecule has 1 amide bonds. The lowest BCUT2D eigenvalue weighted by molar-refractivity contribution is 0.102. The summed E-state index contributed by atoms with van der Waals surface area (Å²) in [5.41, 5.74) is 2.36. The van der Waals surface area contributed by atoms with E-state index in [2.05, 4.69) is 31.5 Å². The fourth-order valence-corrected chi connectivity index (χ4v) is 3.94. The van der Waals surface area contributed by atoms with Crippen LogP contribution in [0.15, 0.2) is 30.3 Å². The van der Waals surface area contributed by atoms with Gasteiger partial charge in [0.15, 0.2) is 16.6 Å². The number of amides is 1. The standard InChI is InChI=1S/C18H19N5OS/c1-12-5-6-13-15(11-12)25-18(19-13)20-17(24)14-7-8-16(22-21-14)23-9-3-2-4-10-23/h5-8,11H,2-4,9-10H2,1H3,(H,19,20,24). The number of rotatable bonds is 3. The smallest absolute Gasteiger partial charge is 0.277 e. The van der Waals surface area contributed by atoms with Gasteiger partial charge in [-0.25, -0.2) is 4.98 Å². The number of thiazole rings is 1. The van der Waals surface area contributed by atoms with Gasteiger partial charge < -0.3 is 4.90 Å². The lowest BCUT2D eigenvalue weighted by Crippen LogP contribution is -2.30. The molecule has 3 heterocycles. The van der Waals surface area contributed by atoms with Crippen molar-refractivity contribution >= 4 is 38.4 Å². The molecule has 25 heavy (non-hydrogen) atoms. The molecule has 1 aliphatic heterocycles. The predicted molar refractivity (Wildman–Crippen MR) is 100 cm³/mol. The number of carbonyl (C=O) groups is 1. The summed E-state index contributed by atoms with van der Waals surface area (Å²) >= 11 is 1.46. The molecule has 0 radical (unpaired) electrons. The zero-order valence-electron chi connectivity index (χ0n) is 14.0. The molecule has 4 rings (SSSR count). The molecule has 1 fully saturated rings. The van der Waals surface area contributed by atoms with Crippen molar-refractivity contribution in [3.63, 3.8) is 0 Å². The first kappa shape index (κ1) is 16.0. The number of fused-ring (bicyclic) bond motifs is 1. The van der Waals surface area contributed by atoms with Crippen molar-refractivity contribution in [1.82, 2.24) is 15.2 Å². The Morgan fingerprint density at radius 3 is 2.72 bits per heavy atom. The van der Waals surface area contributed by atoms with Crippen LogP contribution in [-0.2, 0) is 0 Å². The third-order valence-corrected chi connectivity index (χ3v) is 5.26. The number of carbonyl (C=O) groups excluding carboxylic acids is 1. The third-order valence-electron chi connectivity index (χ3n) is 4.33. The zero-order valence-corrected chi connectivity index (χ0v) is 14.8. The van der Waals surface area contributed by atoms with E-state index in [9.17, 15) is 4.79 Å². The van der Waals surface area contributed by atoms with Crippen molar-refractivity contribution in [2.24, 2.45) is 0 Å². The molecule has 1 N–H and O–H groups in total. The van der Waals surface area contributed by atoms with Crippen LogP contribution in [0.3, 0.4) is 0 Å². The number of aromatic nitrogens is 3. The summed E-state index contributed by atoms with van der Waals surface area (Å²) in [6.07, 6.45) is 3.63. The van der Waals surface area contributed by atoms with Gasteiger partial charge in [-0.1, -0.05) is 17.4 Å². The number of nitrogens with one attached hydrogen (secondary N) is 1. The van der Waals surface area contributed by atoms with Crippen LogP contribution < -0.4 is 10.2 Å². The van der Waals surface area contributed by atoms with Gasteiger partial charge in [0, 0.05) is 13.1 Å². The Morgan fingerprint density at radius 2 is 1.96 bits per heavy atom. The van der Waals surface area contributed by atoms with Crippen LogP contribution in [0.5, 0.6) is 0 Å². The van der Waals surface area contributed by atoms with E-state index in [0.29, 0.717) is 10.8 Å². The van der Waals surface area contributed by atoms with Crippen LogP contribution in [0.4, 0.5) is 10.9 Å². The van der Waals surface area contributed by atoms with Crippen molar-refractivity contribution in [3.8, 4) is 0 Å². The maximum absolute atomic E-state index is 12.4. The van der Waals surface area contributed by atoms with Gasteiger partial charge in [-0.15, -0.1) is 10.2 Å². The summed E-state index contributed by atoms with van der Waals surface area (Å²) in [5.74, 6) is 0.556. The highest BCUT2D eigenvalue weighted by Crippen LogP contribution is 2.27. The zero-order chi connectivity index (χ0) is 17.2. The van der Waals surface area contributed by atoms with Gasteiger partial charge in [-0.3, -0.25) is 10.1 Å². The minimum Gasteiger partial charge on any atom is -0.355 e. The third kappa shape index (κ3) is 3.46. The normalized spacial score (nSPS) is 14.7. The van der Waals surface area contributed by atoms with Crippen LogP contribution >= 0.6 is 11.3 Å². The lowest BCUT2D eigenvalue weighted by atomic mass is 10.1. The summed E-state index contributed by atoms with van der Waals surface area (Å²) in [6, 6.07) is 9.64. The molecule has 0 aliphatic carbocycles. The van der Waals surface area contributed by atoms with Crippen LogP contribution in [0, 0.1) is 6.92 Å². The van der Waals surface area contributed by atoms with E-state index in [-0.39, 0.29) is 5.91 Å². The number of anilines is 2. The molecule has 0 spiro atoms. The molecule has 128 valence electrons. The highest BCUT2D eigenvalue weighted by molar-refractivity contribution is 7.22. The Balaban J connectivity index is 1.48. The van der Waals surface area contributed by atoms with Crippen LogP contribution in [0.1, 0.15) is 35.3 Å². The lowest BCUT2D eigenvalue weighted by Gasteiger charge is -2.27. The van der Waals surface area contributed by atoms with Gasteiger partial charge in [0.2, 0.25) is 0 Å². The van der Waals surface area contributed by atoms with E-state index in [1.165, 1.54) is 36.2 Å². The predicted octanol–water partition coefficient (Wildman–Crippen LogP) is 3.64. The average molecular weight is 353 g/mol. The van der Waals surface area contributed by atoms with Gasteiger partial charge in [0.25, 0.3) is 5.91 Å². The minimum atomic E-state index is -0.284. The fraction of sp³-hybridized carbons (Fsp3) is 0.333. The van der Waals surface area contributed by atoms with Crippen molar-refractivity contribution in [2.45, 2.75) is 26.2 Å². The molecule has 1 aromatic carbocycles. The van der Waals surface area contributed by atoms with E-state index in [4.69, 9.17) is 0 Å². The molecule has 1 saturated heterocycles. The number of piperidine rings is 1. The summed E-state index contributed by atoms with van der Waals surface area (Å²) in [4.78, 5) is 19.0. The molecule has 6 nitrogen and oxygen atoms in total. The van der Waals surface area contributed by atoms with E-state index in [0.717, 1.165) is 29.1 Å². The Labute approximate surface area is 149 Å². The molecule has 1 aliphatic rings. The maximum Gasteiger partial charge on any atom is 0.277 e. The van der Waals surface area contributed by atoms with Gasteiger partial charge in [-0.2, -0.15) is 0 Å². The van der Waals surface area contributed by atoms with E-state index < -0.39 is 0 Å². The number of hydrogen-bond acceptors (Lipinski definition) is 6. The molecular formula is C18H19N5OS. The summed E-state index contributed by atoms with van der Waals surface area (Å²) in [6.45, 7) is 4.05. The van der Waals surface area contributed by atoms with Gasteiger partial charge in [-0.05, 0) is 56.0 Å². The van der Waals surface area contributed by atoms with E-state index >= 15 is 0 Å². The highest BCUT2D eigenvalue weighted by Gasteiger charge is 2.15. The van der Waals surface area contributed by atoms with E-state index in [1.54, 1.807) is 6.07 Å². The molecule has 0 atom stereocenters. The molecule has 7 heteroatoms. The van der Waals surface area contributed by atoms with Crippen LogP contribution in [0.25, 0.3) is 10.2 Å². The Hall–Kier alpha value is -2.54. The Morgan fingerprint density at radius 1 is 1.12 bits per heavy atom. The highest BCUT2D eigenvalue weighted by atomic mass is 32.1. The summed E-state index contributed by atoms with van der Waals surface area (Å²) in [5, 5.41) is 11.7. The van der Waals surface area contributed by atoms with Crippen molar-refractivity contribution in [1.29, 1.82) is 0 Å². The monoisotopic (exact) mass is 353 g/mol. The largest absolute Gasteiger partial charge is 0.355 e. The van der Waals surface area contributed by atoms with Gasteiger partial charge >= 0.3 is 0 Å². The summed E-state index contributed by atoms with van der Waals surface area (Å²) in [7, 11) is 0. The quantitative estimate of drug-likeness (QED) is 0.778. The topological polar surface area (TPSA) is 71.0 Å². The molecule has 0 bridgehead atoms. The number of benzene rings is 1. The Bertz CT molecular complexity index is 899. The van der Waals surface area contributed by atoms with Crippen molar-refractivity contribution in [2.75, 3.05) is 23.3 Å². The number of aryl methyl sites for hydroxylation is 1. The van der Waals surface area contributed by atoms with Crippen LogP contribution in [-0.4, -0.2) is 34.2 Å². The first-order valence-electron chi connectivity index (χ1n) is 8.46.